The second kappa shape index (κ2) is 8.44. The van der Waals surface area contributed by atoms with Crippen LogP contribution in [0.4, 0.5) is 0 Å². The molecule has 5 nitrogen and oxygen atoms in total. The van der Waals surface area contributed by atoms with E-state index in [1.54, 1.807) is 18.2 Å². The van der Waals surface area contributed by atoms with Crippen molar-refractivity contribution in [1.82, 2.24) is 15.5 Å². The van der Waals surface area contributed by atoms with E-state index in [1.807, 2.05) is 14.0 Å². The van der Waals surface area contributed by atoms with Gasteiger partial charge in [-0.1, -0.05) is 28.4 Å². The fraction of sp³-hybridized carbons (Fsp3) is 0.385. The minimum atomic E-state index is 0. The van der Waals surface area contributed by atoms with Gasteiger partial charge in [-0.05, 0) is 26.1 Å². The number of hydrogen-bond donors (Lipinski definition) is 1. The van der Waals surface area contributed by atoms with Crippen molar-refractivity contribution >= 4 is 35.6 Å². The Morgan fingerprint density at radius 3 is 2.76 bits per heavy atom. The van der Waals surface area contributed by atoms with E-state index >= 15 is 0 Å². The number of nitrogens with zero attached hydrogens (tertiary/aromatic N) is 2. The average molecular weight is 353 g/mol. The lowest BCUT2D eigenvalue weighted by Gasteiger charge is -2.05. The highest BCUT2D eigenvalue weighted by atomic mass is 35.5. The third-order valence-electron chi connectivity index (χ3n) is 2.75. The van der Waals surface area contributed by atoms with E-state index in [2.05, 4.69) is 15.5 Å². The van der Waals surface area contributed by atoms with Crippen LogP contribution in [0.5, 0.6) is 5.75 Å². The van der Waals surface area contributed by atoms with Crippen molar-refractivity contribution in [3.8, 4) is 5.75 Å². The molecule has 0 aliphatic heterocycles. The highest BCUT2D eigenvalue weighted by Crippen LogP contribution is 2.26. The fourth-order valence-corrected chi connectivity index (χ4v) is 1.81. The second-order valence-electron chi connectivity index (χ2n) is 4.36. The Hall–Kier alpha value is -1.01. The van der Waals surface area contributed by atoms with Gasteiger partial charge in [0, 0.05) is 18.5 Å². The first-order valence-corrected chi connectivity index (χ1v) is 6.90. The normalized spacial score (nSPS) is 11.8. The molecule has 1 atom stereocenters. The van der Waals surface area contributed by atoms with Gasteiger partial charge < -0.3 is 14.6 Å². The number of hydrogen-bond acceptors (Lipinski definition) is 5. The number of likely N-dealkylation sites (N-methyl/N-ethyl adjacent to an activating group) is 1. The third kappa shape index (κ3) is 5.36. The molecule has 1 unspecified atom stereocenters. The van der Waals surface area contributed by atoms with E-state index in [0.717, 1.165) is 0 Å². The lowest BCUT2D eigenvalue weighted by Crippen LogP contribution is -2.24. The maximum atomic E-state index is 5.90. The molecule has 0 bridgehead atoms. The van der Waals surface area contributed by atoms with Crippen LogP contribution in [-0.2, 0) is 13.0 Å². The Bertz CT molecular complexity index is 578. The van der Waals surface area contributed by atoms with Gasteiger partial charge in [-0.15, -0.1) is 12.4 Å². The van der Waals surface area contributed by atoms with Crippen molar-refractivity contribution in [2.45, 2.75) is 26.0 Å². The number of rotatable bonds is 6. The van der Waals surface area contributed by atoms with Crippen LogP contribution >= 0.6 is 35.6 Å². The van der Waals surface area contributed by atoms with Gasteiger partial charge in [-0.25, -0.2) is 0 Å². The van der Waals surface area contributed by atoms with Crippen LogP contribution in [0.3, 0.4) is 0 Å². The number of benzene rings is 1. The minimum Gasteiger partial charge on any atom is -0.484 e. The summed E-state index contributed by atoms with van der Waals surface area (Å²) in [5.74, 6) is 1.68. The summed E-state index contributed by atoms with van der Waals surface area (Å²) in [6, 6.07) is 5.34. The largest absolute Gasteiger partial charge is 0.484 e. The Labute approximate surface area is 139 Å². The van der Waals surface area contributed by atoms with Gasteiger partial charge in [0.05, 0.1) is 10.0 Å². The molecule has 0 spiro atoms. The van der Waals surface area contributed by atoms with Crippen molar-refractivity contribution in [3.05, 3.63) is 40.0 Å². The fourth-order valence-electron chi connectivity index (χ4n) is 1.52. The molecule has 2 rings (SSSR count). The van der Waals surface area contributed by atoms with Crippen LogP contribution < -0.4 is 10.1 Å². The lowest BCUT2D eigenvalue weighted by atomic mass is 10.2. The van der Waals surface area contributed by atoms with Crippen LogP contribution in [0.2, 0.25) is 10.0 Å². The zero-order valence-corrected chi connectivity index (χ0v) is 13.9. The molecular formula is C13H16Cl3N3O2. The van der Waals surface area contributed by atoms with Crippen LogP contribution in [0.1, 0.15) is 18.6 Å². The summed E-state index contributed by atoms with van der Waals surface area (Å²) in [4.78, 5) is 4.25. The molecule has 0 saturated heterocycles. The third-order valence-corrected chi connectivity index (χ3v) is 3.48. The predicted octanol–water partition coefficient (Wildman–Crippen LogP) is 3.53. The molecule has 116 valence electrons. The van der Waals surface area contributed by atoms with E-state index in [4.69, 9.17) is 32.5 Å². The highest BCUT2D eigenvalue weighted by Gasteiger charge is 2.10. The van der Waals surface area contributed by atoms with Crippen molar-refractivity contribution in [2.75, 3.05) is 7.05 Å². The van der Waals surface area contributed by atoms with E-state index in [9.17, 15) is 0 Å². The monoisotopic (exact) mass is 351 g/mol. The van der Waals surface area contributed by atoms with Crippen LogP contribution in [0.15, 0.2) is 22.7 Å². The molecule has 0 aliphatic carbocycles. The SMILES string of the molecule is CNC(C)Cc1noc(COc2ccc(Cl)c(Cl)c2)n1.Cl. The van der Waals surface area contributed by atoms with Gasteiger partial charge in [0.1, 0.15) is 5.75 Å². The molecule has 2 aromatic rings. The number of aromatic nitrogens is 2. The number of halogens is 3. The predicted molar refractivity (Wildman–Crippen MR) is 84.6 cm³/mol. The summed E-state index contributed by atoms with van der Waals surface area (Å²) in [6.45, 7) is 2.24. The lowest BCUT2D eigenvalue weighted by molar-refractivity contribution is 0.242. The van der Waals surface area contributed by atoms with Crippen LogP contribution in [0.25, 0.3) is 0 Å². The Balaban J connectivity index is 0.00000220. The molecule has 0 aliphatic rings. The summed E-state index contributed by atoms with van der Waals surface area (Å²) < 4.78 is 10.6. The summed E-state index contributed by atoms with van der Waals surface area (Å²) in [7, 11) is 1.89. The molecule has 0 radical (unpaired) electrons. The first kappa shape index (κ1) is 18.0. The number of ether oxygens (including phenoxy) is 1. The van der Waals surface area contributed by atoms with Crippen molar-refractivity contribution in [2.24, 2.45) is 0 Å². The number of nitrogens with one attached hydrogen (secondary N) is 1. The van der Waals surface area contributed by atoms with E-state index < -0.39 is 0 Å². The van der Waals surface area contributed by atoms with Gasteiger partial charge in [-0.3, -0.25) is 0 Å². The van der Waals surface area contributed by atoms with Gasteiger partial charge in [0.2, 0.25) is 0 Å². The molecule has 8 heteroatoms. The van der Waals surface area contributed by atoms with Gasteiger partial charge in [0.25, 0.3) is 5.89 Å². The van der Waals surface area contributed by atoms with Crippen molar-refractivity contribution in [3.63, 3.8) is 0 Å². The first-order chi connectivity index (χ1) is 9.58. The summed E-state index contributed by atoms with van der Waals surface area (Å²) in [5.41, 5.74) is 0. The van der Waals surface area contributed by atoms with E-state index in [0.29, 0.717) is 33.9 Å². The molecule has 0 saturated carbocycles. The zero-order chi connectivity index (χ0) is 14.5. The molecular weight excluding hydrogens is 337 g/mol. The quantitative estimate of drug-likeness (QED) is 0.862. The van der Waals surface area contributed by atoms with Crippen molar-refractivity contribution < 1.29 is 9.26 Å². The topological polar surface area (TPSA) is 60.2 Å². The Morgan fingerprint density at radius 1 is 1.33 bits per heavy atom. The minimum absolute atomic E-state index is 0. The van der Waals surface area contributed by atoms with Gasteiger partial charge in [-0.2, -0.15) is 4.98 Å². The molecule has 1 aromatic heterocycles. The van der Waals surface area contributed by atoms with Crippen molar-refractivity contribution in [1.29, 1.82) is 0 Å². The molecule has 1 aromatic carbocycles. The molecule has 0 amide bonds. The summed E-state index contributed by atoms with van der Waals surface area (Å²) in [5, 5.41) is 7.94. The van der Waals surface area contributed by atoms with Gasteiger partial charge >= 0.3 is 0 Å². The van der Waals surface area contributed by atoms with Crippen LogP contribution in [-0.4, -0.2) is 23.2 Å². The molecule has 0 fully saturated rings. The summed E-state index contributed by atoms with van der Waals surface area (Å²) >= 11 is 11.7. The highest BCUT2D eigenvalue weighted by molar-refractivity contribution is 6.42. The maximum Gasteiger partial charge on any atom is 0.264 e. The maximum absolute atomic E-state index is 5.90. The molecule has 1 N–H and O–H groups in total. The van der Waals surface area contributed by atoms with E-state index in [1.165, 1.54) is 0 Å². The Kier molecular flexibility index (Phi) is 7.25. The molecule has 1 heterocycles. The van der Waals surface area contributed by atoms with Crippen LogP contribution in [0, 0.1) is 0 Å². The first-order valence-electron chi connectivity index (χ1n) is 6.15. The standard InChI is InChI=1S/C13H15Cl2N3O2.ClH/c1-8(16-2)5-12-17-13(20-18-12)7-19-9-3-4-10(14)11(15)6-9;/h3-4,6,8,16H,5,7H2,1-2H3;1H. The smallest absolute Gasteiger partial charge is 0.264 e. The average Bonchev–Trinajstić information content (AvgIpc) is 2.87. The molecule has 21 heavy (non-hydrogen) atoms. The Morgan fingerprint density at radius 2 is 2.10 bits per heavy atom. The van der Waals surface area contributed by atoms with E-state index in [-0.39, 0.29) is 25.1 Å². The zero-order valence-electron chi connectivity index (χ0n) is 11.6. The second-order valence-corrected chi connectivity index (χ2v) is 5.18. The van der Waals surface area contributed by atoms with Gasteiger partial charge in [0.15, 0.2) is 12.4 Å². The summed E-state index contributed by atoms with van der Waals surface area (Å²) in [6.07, 6.45) is 0.701.